The van der Waals surface area contributed by atoms with Crippen molar-refractivity contribution in [3.63, 3.8) is 0 Å². The van der Waals surface area contributed by atoms with Crippen molar-refractivity contribution < 1.29 is 54.8 Å². The maximum atomic E-state index is 12.6. The predicted molar refractivity (Wildman–Crippen MR) is 96.7 cm³/mol. The van der Waals surface area contributed by atoms with E-state index in [-0.39, 0.29) is 6.42 Å². The molecule has 0 spiro atoms. The van der Waals surface area contributed by atoms with Crippen molar-refractivity contribution in [2.45, 2.75) is 67.8 Å². The number of aliphatic hydroxyl groups is 7. The van der Waals surface area contributed by atoms with Crippen molar-refractivity contribution in [3.05, 3.63) is 35.9 Å². The van der Waals surface area contributed by atoms with Gasteiger partial charge < -0.3 is 50.0 Å². The van der Waals surface area contributed by atoms with Crippen molar-refractivity contribution in [2.75, 3.05) is 6.61 Å². The van der Waals surface area contributed by atoms with E-state index in [9.17, 15) is 40.5 Å². The number of hydrogen-bond acceptors (Lipinski definition) is 11. The van der Waals surface area contributed by atoms with Crippen molar-refractivity contribution in [1.82, 2.24) is 0 Å². The minimum atomic E-state index is -1.81. The molecule has 2 aliphatic heterocycles. The zero-order chi connectivity index (χ0) is 22.0. The lowest BCUT2D eigenvalue weighted by molar-refractivity contribution is -0.349. The van der Waals surface area contributed by atoms with E-state index in [0.29, 0.717) is 5.56 Å². The molecule has 10 atom stereocenters. The summed E-state index contributed by atoms with van der Waals surface area (Å²) in [4.78, 5) is 12.6. The summed E-state index contributed by atoms with van der Waals surface area (Å²) in [5.41, 5.74) is 0.643. The van der Waals surface area contributed by atoms with Gasteiger partial charge in [-0.15, -0.1) is 0 Å². The van der Waals surface area contributed by atoms with Gasteiger partial charge in [-0.1, -0.05) is 30.3 Å². The Labute approximate surface area is 171 Å². The van der Waals surface area contributed by atoms with Gasteiger partial charge in [0.15, 0.2) is 18.4 Å². The third-order valence-corrected chi connectivity index (χ3v) is 5.24. The average Bonchev–Trinajstić information content (AvgIpc) is 2.74. The van der Waals surface area contributed by atoms with Crippen LogP contribution in [0.25, 0.3) is 0 Å². The number of rotatable bonds is 6. The molecular formula is C19H26O11. The molecule has 0 amide bonds. The fourth-order valence-corrected chi connectivity index (χ4v) is 3.51. The molecule has 0 radical (unpaired) electrons. The van der Waals surface area contributed by atoms with E-state index in [1.54, 1.807) is 30.3 Å². The lowest BCUT2D eigenvalue weighted by Crippen LogP contribution is -2.65. The lowest BCUT2D eigenvalue weighted by atomic mass is 9.93. The summed E-state index contributed by atoms with van der Waals surface area (Å²) in [7, 11) is 0. The molecule has 0 saturated carbocycles. The lowest BCUT2D eigenvalue weighted by Gasteiger charge is -2.45. The van der Waals surface area contributed by atoms with Crippen molar-refractivity contribution in [3.8, 4) is 0 Å². The van der Waals surface area contributed by atoms with Crippen LogP contribution in [0.1, 0.15) is 5.56 Å². The predicted octanol–water partition coefficient (Wildman–Crippen LogP) is -3.58. The summed E-state index contributed by atoms with van der Waals surface area (Å²) >= 11 is 0. The van der Waals surface area contributed by atoms with Gasteiger partial charge in [0.1, 0.15) is 48.8 Å². The zero-order valence-electron chi connectivity index (χ0n) is 15.8. The Balaban J connectivity index is 1.74. The van der Waals surface area contributed by atoms with Gasteiger partial charge in [0.2, 0.25) is 0 Å². The minimum absolute atomic E-state index is 0.114. The van der Waals surface area contributed by atoms with E-state index in [1.165, 1.54) is 0 Å². The standard InChI is InChI=1S/C19H26O11/c20-7-10-17(13(24)14(25)18(27)28-10)30-19-15(26)11(22)12(23)16(29-19)9(21)6-8-4-2-1-3-5-8/h1-5,10-20,22-27H,6-7H2/t10-,11+,12-,13-,14-,15-,16-,17-,18+,19+/m1/s1. The molecule has 2 fully saturated rings. The Hall–Kier alpha value is -1.51. The highest BCUT2D eigenvalue weighted by atomic mass is 16.7. The Kier molecular flexibility index (Phi) is 7.52. The van der Waals surface area contributed by atoms with E-state index in [4.69, 9.17) is 14.2 Å². The Bertz CT molecular complexity index is 699. The molecule has 168 valence electrons. The SMILES string of the molecule is O=C(Cc1ccccc1)[C@H]1O[C@@H](O[C@H]2[C@H](O)[C@@H](O)[C@@H](O)O[C@@H]2CO)[C@H](O)[C@@H](O)[C@H]1O. The van der Waals surface area contributed by atoms with Crippen LogP contribution in [-0.2, 0) is 25.4 Å². The van der Waals surface area contributed by atoms with Gasteiger partial charge in [-0.2, -0.15) is 0 Å². The van der Waals surface area contributed by atoms with Gasteiger partial charge in [-0.05, 0) is 5.56 Å². The monoisotopic (exact) mass is 430 g/mol. The number of benzene rings is 1. The van der Waals surface area contributed by atoms with Crippen LogP contribution >= 0.6 is 0 Å². The second-order valence-corrected chi connectivity index (χ2v) is 7.36. The highest BCUT2D eigenvalue weighted by Gasteiger charge is 2.51. The van der Waals surface area contributed by atoms with Crippen LogP contribution in [0.4, 0.5) is 0 Å². The molecule has 7 N–H and O–H groups in total. The highest BCUT2D eigenvalue weighted by Crippen LogP contribution is 2.29. The normalized spacial score (nSPS) is 42.1. The highest BCUT2D eigenvalue weighted by molar-refractivity contribution is 5.86. The van der Waals surface area contributed by atoms with E-state index in [1.807, 2.05) is 0 Å². The maximum Gasteiger partial charge on any atom is 0.187 e. The number of aliphatic hydroxyl groups excluding tert-OH is 7. The fraction of sp³-hybridized carbons (Fsp3) is 0.632. The first-order valence-corrected chi connectivity index (χ1v) is 9.47. The number of Topliss-reactive ketones (excluding diaryl/α,β-unsaturated/α-hetero) is 1. The topological polar surface area (TPSA) is 186 Å². The molecule has 0 bridgehead atoms. The van der Waals surface area contributed by atoms with Gasteiger partial charge in [-0.3, -0.25) is 4.79 Å². The molecule has 2 saturated heterocycles. The number of carbonyl (C=O) groups excluding carboxylic acids is 1. The third kappa shape index (κ3) is 4.70. The first-order chi connectivity index (χ1) is 14.2. The second kappa shape index (κ2) is 9.75. The van der Waals surface area contributed by atoms with Gasteiger partial charge >= 0.3 is 0 Å². The third-order valence-electron chi connectivity index (χ3n) is 5.24. The van der Waals surface area contributed by atoms with Gasteiger partial charge in [0.25, 0.3) is 0 Å². The van der Waals surface area contributed by atoms with E-state index >= 15 is 0 Å². The molecule has 11 nitrogen and oxygen atoms in total. The molecule has 0 aliphatic carbocycles. The number of ketones is 1. The first-order valence-electron chi connectivity index (χ1n) is 9.47. The Morgan fingerprint density at radius 2 is 1.53 bits per heavy atom. The molecule has 1 aromatic carbocycles. The van der Waals surface area contributed by atoms with Gasteiger partial charge in [0.05, 0.1) is 6.61 Å². The summed E-state index contributed by atoms with van der Waals surface area (Å²) in [6.07, 6.45) is -16.8. The van der Waals surface area contributed by atoms with E-state index in [2.05, 4.69) is 0 Å². The quantitative estimate of drug-likeness (QED) is 0.237. The van der Waals surface area contributed by atoms with Crippen molar-refractivity contribution >= 4 is 5.78 Å². The smallest absolute Gasteiger partial charge is 0.187 e. The Morgan fingerprint density at radius 3 is 2.17 bits per heavy atom. The van der Waals surface area contributed by atoms with Crippen LogP contribution in [0.5, 0.6) is 0 Å². The van der Waals surface area contributed by atoms with Crippen LogP contribution < -0.4 is 0 Å². The average molecular weight is 430 g/mol. The van der Waals surface area contributed by atoms with Crippen molar-refractivity contribution in [1.29, 1.82) is 0 Å². The van der Waals surface area contributed by atoms with Gasteiger partial charge in [-0.25, -0.2) is 0 Å². The molecular weight excluding hydrogens is 404 g/mol. The number of hydrogen-bond donors (Lipinski definition) is 7. The number of ether oxygens (including phenoxy) is 3. The molecule has 1 aromatic rings. The maximum absolute atomic E-state index is 12.6. The molecule has 0 unspecified atom stereocenters. The zero-order valence-corrected chi connectivity index (χ0v) is 15.8. The molecule has 0 aromatic heterocycles. The summed E-state index contributed by atoms with van der Waals surface area (Å²) < 4.78 is 15.8. The van der Waals surface area contributed by atoms with Gasteiger partial charge in [0, 0.05) is 6.42 Å². The molecule has 3 rings (SSSR count). The summed E-state index contributed by atoms with van der Waals surface area (Å²) in [6, 6.07) is 8.61. The van der Waals surface area contributed by atoms with E-state index < -0.39 is 73.8 Å². The fourth-order valence-electron chi connectivity index (χ4n) is 3.51. The van der Waals surface area contributed by atoms with Crippen LogP contribution in [0.3, 0.4) is 0 Å². The second-order valence-electron chi connectivity index (χ2n) is 7.36. The van der Waals surface area contributed by atoms with Crippen LogP contribution in [0.2, 0.25) is 0 Å². The molecule has 2 heterocycles. The molecule has 2 aliphatic rings. The summed E-state index contributed by atoms with van der Waals surface area (Å²) in [6.45, 7) is -0.712. The molecule has 11 heteroatoms. The molecule has 30 heavy (non-hydrogen) atoms. The largest absolute Gasteiger partial charge is 0.394 e. The van der Waals surface area contributed by atoms with E-state index in [0.717, 1.165) is 0 Å². The Morgan fingerprint density at radius 1 is 0.867 bits per heavy atom. The summed E-state index contributed by atoms with van der Waals surface area (Å²) in [5, 5.41) is 69.5. The number of carbonyl (C=O) groups is 1. The summed E-state index contributed by atoms with van der Waals surface area (Å²) in [5.74, 6) is -0.581. The van der Waals surface area contributed by atoms with Crippen LogP contribution in [0.15, 0.2) is 30.3 Å². The van der Waals surface area contributed by atoms with Crippen molar-refractivity contribution in [2.24, 2.45) is 0 Å². The van der Waals surface area contributed by atoms with Crippen LogP contribution in [-0.4, -0.2) is 110 Å². The van der Waals surface area contributed by atoms with Crippen LogP contribution in [0, 0.1) is 0 Å². The first kappa shape index (κ1) is 23.2. The minimum Gasteiger partial charge on any atom is -0.394 e.